The molecule has 1 saturated carbocycles. The summed E-state index contributed by atoms with van der Waals surface area (Å²) in [5.74, 6) is -3.15. The summed E-state index contributed by atoms with van der Waals surface area (Å²) >= 11 is 0. The van der Waals surface area contributed by atoms with Crippen molar-refractivity contribution in [1.82, 2.24) is 10.2 Å². The van der Waals surface area contributed by atoms with E-state index in [0.29, 0.717) is 6.61 Å². The number of Topliss-reactive ketones (excluding diaryl/α,β-unsaturated/α-hetero) is 1. The van der Waals surface area contributed by atoms with Gasteiger partial charge in [0, 0.05) is 18.5 Å². The lowest BCUT2D eigenvalue weighted by molar-refractivity contribution is -0.158. The number of aliphatic carboxylic acids is 1. The lowest BCUT2D eigenvalue weighted by atomic mass is 9.82. The van der Waals surface area contributed by atoms with Gasteiger partial charge in [0.15, 0.2) is 11.7 Å². The van der Waals surface area contributed by atoms with Crippen molar-refractivity contribution in [2.75, 3.05) is 13.2 Å². The van der Waals surface area contributed by atoms with Gasteiger partial charge in [0.25, 0.3) is 0 Å². The van der Waals surface area contributed by atoms with E-state index in [2.05, 4.69) is 5.32 Å². The Bertz CT molecular complexity index is 829. The lowest BCUT2D eigenvalue weighted by Crippen LogP contribution is -2.60. The first kappa shape index (κ1) is 21.8. The van der Waals surface area contributed by atoms with E-state index in [4.69, 9.17) is 9.84 Å². The van der Waals surface area contributed by atoms with E-state index in [9.17, 15) is 19.2 Å². The van der Waals surface area contributed by atoms with Gasteiger partial charge >= 0.3 is 5.97 Å². The van der Waals surface area contributed by atoms with Crippen LogP contribution >= 0.6 is 0 Å². The first-order valence-electron chi connectivity index (χ1n) is 10.2. The highest BCUT2D eigenvalue weighted by Crippen LogP contribution is 2.33. The summed E-state index contributed by atoms with van der Waals surface area (Å²) in [4.78, 5) is 49.9. The lowest BCUT2D eigenvalue weighted by Gasteiger charge is -2.44. The number of hydrogen-bond donors (Lipinski definition) is 2. The second-order valence-corrected chi connectivity index (χ2v) is 8.65. The number of ether oxygens (including phenoxy) is 1. The smallest absolute Gasteiger partial charge is 0.322 e. The predicted molar refractivity (Wildman–Crippen MR) is 108 cm³/mol. The van der Waals surface area contributed by atoms with Crippen LogP contribution in [0.15, 0.2) is 24.3 Å². The van der Waals surface area contributed by atoms with Gasteiger partial charge in [-0.15, -0.1) is 0 Å². The van der Waals surface area contributed by atoms with E-state index in [1.54, 1.807) is 13.8 Å². The molecule has 1 aromatic rings. The molecule has 2 N–H and O–H groups in total. The second-order valence-electron chi connectivity index (χ2n) is 8.65. The molecule has 1 heterocycles. The molecule has 2 aliphatic rings. The van der Waals surface area contributed by atoms with Crippen LogP contribution in [0.3, 0.4) is 0 Å². The zero-order chi connectivity index (χ0) is 21.9. The zero-order valence-corrected chi connectivity index (χ0v) is 17.3. The molecule has 3 rings (SSSR count). The maximum absolute atomic E-state index is 13.0. The van der Waals surface area contributed by atoms with E-state index in [1.165, 1.54) is 17.7 Å². The van der Waals surface area contributed by atoms with E-state index in [0.717, 1.165) is 23.7 Å². The van der Waals surface area contributed by atoms with Crippen molar-refractivity contribution in [3.05, 3.63) is 29.8 Å². The number of benzene rings is 1. The Labute approximate surface area is 175 Å². The van der Waals surface area contributed by atoms with Crippen LogP contribution in [0.25, 0.3) is 0 Å². The molecule has 1 aromatic carbocycles. The standard InChI is InChI=1S/C22H28N2O6/c1-22(2)11-17(25)19(20(28)23-12-18(26)27)21(29)24(22)13-15-5-7-16(8-6-15)30-10-9-14-3-4-14/h5-8,14,19H,3-4,9-13H2,1-2H3,(H,23,28)(H,26,27). The molecule has 30 heavy (non-hydrogen) atoms. The van der Waals surface area contributed by atoms with Crippen molar-refractivity contribution >= 4 is 23.6 Å². The molecule has 8 heteroatoms. The molecule has 8 nitrogen and oxygen atoms in total. The van der Waals surface area contributed by atoms with Gasteiger partial charge in [0.05, 0.1) is 6.61 Å². The summed E-state index contributed by atoms with van der Waals surface area (Å²) in [5.41, 5.74) is 0.0991. The molecular formula is C22H28N2O6. The topological polar surface area (TPSA) is 113 Å². The fraction of sp³-hybridized carbons (Fsp3) is 0.545. The van der Waals surface area contributed by atoms with Crippen LogP contribution in [0, 0.1) is 11.8 Å². The SMILES string of the molecule is CC1(C)CC(=O)C(C(=O)NCC(=O)O)C(=O)N1Cc1ccc(OCCC2CC2)cc1. The van der Waals surface area contributed by atoms with Gasteiger partial charge in [0.1, 0.15) is 12.3 Å². The fourth-order valence-electron chi connectivity index (χ4n) is 3.65. The quantitative estimate of drug-likeness (QED) is 0.593. The number of carboxylic acids is 1. The van der Waals surface area contributed by atoms with E-state index in [-0.39, 0.29) is 13.0 Å². The molecule has 0 bridgehead atoms. The third kappa shape index (κ3) is 5.37. The second kappa shape index (κ2) is 8.85. The predicted octanol–water partition coefficient (Wildman–Crippen LogP) is 1.76. The van der Waals surface area contributed by atoms with Crippen LogP contribution < -0.4 is 10.1 Å². The molecular weight excluding hydrogens is 388 g/mol. The highest BCUT2D eigenvalue weighted by Gasteiger charge is 2.48. The molecule has 1 unspecified atom stereocenters. The van der Waals surface area contributed by atoms with Gasteiger partial charge in [-0.25, -0.2) is 0 Å². The first-order valence-corrected chi connectivity index (χ1v) is 10.2. The highest BCUT2D eigenvalue weighted by molar-refractivity contribution is 6.20. The van der Waals surface area contributed by atoms with Gasteiger partial charge in [-0.05, 0) is 43.9 Å². The van der Waals surface area contributed by atoms with Gasteiger partial charge in [-0.3, -0.25) is 19.2 Å². The van der Waals surface area contributed by atoms with Crippen molar-refractivity contribution in [2.45, 2.75) is 51.6 Å². The van der Waals surface area contributed by atoms with Crippen molar-refractivity contribution in [3.8, 4) is 5.75 Å². The summed E-state index contributed by atoms with van der Waals surface area (Å²) in [5, 5.41) is 10.9. The Morgan fingerprint density at radius 1 is 1.20 bits per heavy atom. The fourth-order valence-corrected chi connectivity index (χ4v) is 3.65. The number of amides is 2. The van der Waals surface area contributed by atoms with Gasteiger partial charge < -0.3 is 20.1 Å². The largest absolute Gasteiger partial charge is 0.494 e. The minimum absolute atomic E-state index is 0.0201. The molecule has 2 fully saturated rings. The first-order chi connectivity index (χ1) is 14.2. The van der Waals surface area contributed by atoms with Gasteiger partial charge in [-0.2, -0.15) is 0 Å². The van der Waals surface area contributed by atoms with Gasteiger partial charge in [-0.1, -0.05) is 25.0 Å². The number of nitrogens with one attached hydrogen (secondary N) is 1. The third-order valence-corrected chi connectivity index (χ3v) is 5.60. The van der Waals surface area contributed by atoms with E-state index in [1.807, 2.05) is 24.3 Å². The van der Waals surface area contributed by atoms with Crippen LogP contribution in [0.2, 0.25) is 0 Å². The molecule has 0 spiro atoms. The van der Waals surface area contributed by atoms with E-state index >= 15 is 0 Å². The zero-order valence-electron chi connectivity index (χ0n) is 17.3. The molecule has 1 aliphatic carbocycles. The Hall–Kier alpha value is -2.90. The molecule has 2 amide bonds. The van der Waals surface area contributed by atoms with Crippen LogP contribution in [0.4, 0.5) is 0 Å². The molecule has 162 valence electrons. The van der Waals surface area contributed by atoms with Crippen LogP contribution in [-0.4, -0.2) is 52.3 Å². The summed E-state index contributed by atoms with van der Waals surface area (Å²) in [7, 11) is 0. The molecule has 1 atom stereocenters. The normalized spacial score (nSPS) is 20.7. The van der Waals surface area contributed by atoms with E-state index < -0.39 is 41.6 Å². The molecule has 0 aromatic heterocycles. The van der Waals surface area contributed by atoms with Crippen LogP contribution in [0.1, 0.15) is 45.1 Å². The van der Waals surface area contributed by atoms with Crippen LogP contribution in [-0.2, 0) is 25.7 Å². The average Bonchev–Trinajstić information content (AvgIpc) is 3.48. The number of rotatable bonds is 9. The Morgan fingerprint density at radius 3 is 2.47 bits per heavy atom. The minimum Gasteiger partial charge on any atom is -0.494 e. The minimum atomic E-state index is -1.51. The van der Waals surface area contributed by atoms with Crippen LogP contribution in [0.5, 0.6) is 5.75 Å². The number of ketones is 1. The number of likely N-dealkylation sites (tertiary alicyclic amines) is 1. The summed E-state index contributed by atoms with van der Waals surface area (Å²) in [6.45, 7) is 3.86. The van der Waals surface area contributed by atoms with Crippen molar-refractivity contribution in [3.63, 3.8) is 0 Å². The van der Waals surface area contributed by atoms with Gasteiger partial charge in [0.2, 0.25) is 11.8 Å². The monoisotopic (exact) mass is 416 g/mol. The summed E-state index contributed by atoms with van der Waals surface area (Å²) < 4.78 is 5.75. The Balaban J connectivity index is 1.66. The van der Waals surface area contributed by atoms with Crippen molar-refractivity contribution < 1.29 is 29.0 Å². The Kier molecular flexibility index (Phi) is 6.43. The number of hydrogen-bond acceptors (Lipinski definition) is 5. The Morgan fingerprint density at radius 2 is 1.87 bits per heavy atom. The summed E-state index contributed by atoms with van der Waals surface area (Å²) in [6.07, 6.45) is 3.67. The molecule has 1 aliphatic heterocycles. The maximum Gasteiger partial charge on any atom is 0.322 e. The summed E-state index contributed by atoms with van der Waals surface area (Å²) in [6, 6.07) is 7.44. The maximum atomic E-state index is 13.0. The number of carboxylic acid groups (broad SMARTS) is 1. The number of carbonyl (C=O) groups excluding carboxylic acids is 3. The number of nitrogens with zero attached hydrogens (tertiary/aromatic N) is 1. The average molecular weight is 416 g/mol. The highest BCUT2D eigenvalue weighted by atomic mass is 16.5. The van der Waals surface area contributed by atoms with Crippen molar-refractivity contribution in [1.29, 1.82) is 0 Å². The number of piperidine rings is 1. The third-order valence-electron chi connectivity index (χ3n) is 5.60. The molecule has 1 saturated heterocycles. The molecule has 0 radical (unpaired) electrons. The number of carbonyl (C=O) groups is 4. The van der Waals surface area contributed by atoms with Crippen molar-refractivity contribution in [2.24, 2.45) is 11.8 Å².